The van der Waals surface area contributed by atoms with Crippen LogP contribution in [0.1, 0.15) is 24.5 Å². The van der Waals surface area contributed by atoms with Crippen LogP contribution < -0.4 is 10.5 Å². The Morgan fingerprint density at radius 2 is 1.77 bits per heavy atom. The van der Waals surface area contributed by atoms with Gasteiger partial charge in [0.2, 0.25) is 0 Å². The Bertz CT molecular complexity index is 1450. The summed E-state index contributed by atoms with van der Waals surface area (Å²) in [6.45, 7) is 3.72. The van der Waals surface area contributed by atoms with E-state index >= 15 is 0 Å². The third-order valence-corrected chi connectivity index (χ3v) is 6.38. The summed E-state index contributed by atoms with van der Waals surface area (Å²) >= 11 is 0. The summed E-state index contributed by atoms with van der Waals surface area (Å²) in [5.74, 6) is 0.679. The molecule has 0 radical (unpaired) electrons. The fourth-order valence-corrected chi connectivity index (χ4v) is 4.26. The van der Waals surface area contributed by atoms with Crippen LogP contribution in [0.3, 0.4) is 0 Å². The molecule has 4 aromatic rings. The van der Waals surface area contributed by atoms with E-state index in [9.17, 15) is 8.42 Å². The first-order chi connectivity index (χ1) is 16.7. The molecule has 3 aromatic heterocycles. The molecule has 0 saturated heterocycles. The highest BCUT2D eigenvalue weighted by Gasteiger charge is 2.20. The van der Waals surface area contributed by atoms with E-state index in [0.717, 1.165) is 24.8 Å². The van der Waals surface area contributed by atoms with Crippen molar-refractivity contribution in [2.45, 2.75) is 31.3 Å². The quantitative estimate of drug-likeness (QED) is 0.372. The number of sulfone groups is 1. The second-order valence-electron chi connectivity index (χ2n) is 8.67. The van der Waals surface area contributed by atoms with Gasteiger partial charge in [-0.3, -0.25) is 4.98 Å². The second-order valence-corrected chi connectivity index (χ2v) is 10.7. The molecule has 0 unspecified atom stereocenters. The smallest absolute Gasteiger partial charge is 0.320 e. The molecule has 0 aliphatic heterocycles. The lowest BCUT2D eigenvalue weighted by Gasteiger charge is -2.12. The molecular formula is C24H29N7O3S. The van der Waals surface area contributed by atoms with Crippen molar-refractivity contribution in [3.63, 3.8) is 0 Å². The number of fused-ring (bicyclic) bond motifs is 1. The van der Waals surface area contributed by atoms with Crippen LogP contribution in [0.15, 0.2) is 47.6 Å². The number of ether oxygens (including phenoxy) is 1. The summed E-state index contributed by atoms with van der Waals surface area (Å²) < 4.78 is 31.8. The molecule has 11 heteroatoms. The Morgan fingerprint density at radius 3 is 2.43 bits per heavy atom. The van der Waals surface area contributed by atoms with Gasteiger partial charge in [-0.15, -0.1) is 0 Å². The molecule has 0 fully saturated rings. The molecule has 3 heterocycles. The molecule has 0 aliphatic rings. The first kappa shape index (κ1) is 24.6. The Kier molecular flexibility index (Phi) is 6.99. The van der Waals surface area contributed by atoms with Gasteiger partial charge in [0.15, 0.2) is 26.8 Å². The van der Waals surface area contributed by atoms with E-state index in [0.29, 0.717) is 35.7 Å². The maximum absolute atomic E-state index is 12.1. The minimum Gasteiger partial charge on any atom is -0.463 e. The molecule has 184 valence electrons. The molecule has 35 heavy (non-hydrogen) atoms. The van der Waals surface area contributed by atoms with Gasteiger partial charge in [0.05, 0.1) is 18.0 Å². The minimum absolute atomic E-state index is 0.104. The van der Waals surface area contributed by atoms with Crippen molar-refractivity contribution >= 4 is 26.8 Å². The standard InChI is InChI=1S/C24H29N7O3S/c1-5-10-34-24-28-21(25)20-23(29-24)31(15-17-8-6-16(7-9-17)14-30(2)3)22(27-20)18-11-19(13-26-12-18)35(4,32)33/h6-9,11-13H,5,10,14-15H2,1-4H3,(H2,25,28,29). The molecule has 2 N–H and O–H groups in total. The number of nitrogens with two attached hydrogens (primary N) is 1. The summed E-state index contributed by atoms with van der Waals surface area (Å²) in [5.41, 5.74) is 9.89. The average molecular weight is 496 g/mol. The maximum atomic E-state index is 12.1. The van der Waals surface area contributed by atoms with Gasteiger partial charge >= 0.3 is 6.01 Å². The zero-order chi connectivity index (χ0) is 25.2. The molecule has 4 rings (SSSR count). The Hall–Kier alpha value is -3.57. The zero-order valence-corrected chi connectivity index (χ0v) is 21.1. The number of imidazole rings is 1. The topological polar surface area (TPSA) is 129 Å². The molecule has 10 nitrogen and oxygen atoms in total. The van der Waals surface area contributed by atoms with Crippen molar-refractivity contribution in [1.82, 2.24) is 29.4 Å². The number of hydrogen-bond donors (Lipinski definition) is 1. The van der Waals surface area contributed by atoms with E-state index in [1.54, 1.807) is 12.3 Å². The molecule has 0 atom stereocenters. The van der Waals surface area contributed by atoms with Gasteiger partial charge in [-0.05, 0) is 37.7 Å². The highest BCUT2D eigenvalue weighted by atomic mass is 32.2. The Labute approximate surface area is 204 Å². The van der Waals surface area contributed by atoms with Gasteiger partial charge in [0, 0.05) is 30.8 Å². The zero-order valence-electron chi connectivity index (χ0n) is 20.3. The summed E-state index contributed by atoms with van der Waals surface area (Å²) in [6, 6.07) is 10.0. The molecule has 0 saturated carbocycles. The number of hydrogen-bond acceptors (Lipinski definition) is 9. The number of benzene rings is 1. The summed E-state index contributed by atoms with van der Waals surface area (Å²) in [7, 11) is 0.602. The van der Waals surface area contributed by atoms with Crippen molar-refractivity contribution in [1.29, 1.82) is 0 Å². The van der Waals surface area contributed by atoms with Crippen LogP contribution in [0.25, 0.3) is 22.6 Å². The van der Waals surface area contributed by atoms with Crippen LogP contribution in [0.2, 0.25) is 0 Å². The maximum Gasteiger partial charge on any atom is 0.320 e. The predicted octanol–water partition coefficient (Wildman–Crippen LogP) is 2.77. The van der Waals surface area contributed by atoms with Gasteiger partial charge in [0.25, 0.3) is 0 Å². The number of aromatic nitrogens is 5. The Balaban J connectivity index is 1.86. The summed E-state index contributed by atoms with van der Waals surface area (Å²) in [6.07, 6.45) is 4.84. The molecule has 1 aromatic carbocycles. The van der Waals surface area contributed by atoms with Crippen molar-refractivity contribution in [3.8, 4) is 17.4 Å². The number of nitrogen functional groups attached to an aromatic ring is 1. The normalized spacial score (nSPS) is 11.9. The van der Waals surface area contributed by atoms with E-state index in [-0.39, 0.29) is 16.7 Å². The van der Waals surface area contributed by atoms with E-state index in [1.165, 1.54) is 11.8 Å². The summed E-state index contributed by atoms with van der Waals surface area (Å²) in [5, 5.41) is 0. The second kappa shape index (κ2) is 9.96. The van der Waals surface area contributed by atoms with Crippen molar-refractivity contribution in [3.05, 3.63) is 53.9 Å². The predicted molar refractivity (Wildman–Crippen MR) is 135 cm³/mol. The fraction of sp³-hybridized carbons (Fsp3) is 0.333. The lowest BCUT2D eigenvalue weighted by molar-refractivity contribution is 0.293. The largest absolute Gasteiger partial charge is 0.463 e. The fourth-order valence-electron chi connectivity index (χ4n) is 3.67. The average Bonchev–Trinajstić information content (AvgIpc) is 3.17. The van der Waals surface area contributed by atoms with Crippen LogP contribution in [-0.4, -0.2) is 64.8 Å². The third kappa shape index (κ3) is 5.57. The minimum atomic E-state index is -3.45. The van der Waals surface area contributed by atoms with Gasteiger partial charge in [-0.25, -0.2) is 13.4 Å². The van der Waals surface area contributed by atoms with E-state index in [2.05, 4.69) is 44.1 Å². The summed E-state index contributed by atoms with van der Waals surface area (Å²) in [4.78, 5) is 19.9. The first-order valence-corrected chi connectivity index (χ1v) is 13.1. The van der Waals surface area contributed by atoms with Gasteiger partial charge in [-0.1, -0.05) is 31.2 Å². The molecule has 0 spiro atoms. The molecule has 0 amide bonds. The monoisotopic (exact) mass is 495 g/mol. The number of anilines is 1. The van der Waals surface area contributed by atoms with Gasteiger partial charge < -0.3 is 19.9 Å². The lowest BCUT2D eigenvalue weighted by atomic mass is 10.1. The third-order valence-electron chi connectivity index (χ3n) is 5.30. The van der Waals surface area contributed by atoms with E-state index in [1.807, 2.05) is 25.6 Å². The molecule has 0 bridgehead atoms. The highest BCUT2D eigenvalue weighted by molar-refractivity contribution is 7.90. The van der Waals surface area contributed by atoms with Gasteiger partial charge in [0.1, 0.15) is 5.82 Å². The van der Waals surface area contributed by atoms with Crippen LogP contribution in [0.5, 0.6) is 6.01 Å². The SMILES string of the molecule is CCCOc1nc(N)c2nc(-c3cncc(S(C)(=O)=O)c3)n(Cc3ccc(CN(C)C)cc3)c2n1. The number of rotatable bonds is 9. The van der Waals surface area contributed by atoms with Crippen LogP contribution in [0, 0.1) is 0 Å². The van der Waals surface area contributed by atoms with E-state index < -0.39 is 9.84 Å². The van der Waals surface area contributed by atoms with Crippen molar-refractivity contribution in [2.24, 2.45) is 0 Å². The number of nitrogens with zero attached hydrogens (tertiary/aromatic N) is 6. The van der Waals surface area contributed by atoms with Crippen LogP contribution >= 0.6 is 0 Å². The van der Waals surface area contributed by atoms with Crippen molar-refractivity contribution < 1.29 is 13.2 Å². The molecular weight excluding hydrogens is 466 g/mol. The highest BCUT2D eigenvalue weighted by Crippen LogP contribution is 2.29. The van der Waals surface area contributed by atoms with E-state index in [4.69, 9.17) is 15.5 Å². The van der Waals surface area contributed by atoms with Gasteiger partial charge in [-0.2, -0.15) is 9.97 Å². The molecule has 0 aliphatic carbocycles. The first-order valence-electron chi connectivity index (χ1n) is 11.2. The number of pyridine rings is 1. The van der Waals surface area contributed by atoms with Crippen LogP contribution in [0.4, 0.5) is 5.82 Å². The lowest BCUT2D eigenvalue weighted by Crippen LogP contribution is -2.10. The van der Waals surface area contributed by atoms with Crippen molar-refractivity contribution in [2.75, 3.05) is 32.7 Å². The Morgan fingerprint density at radius 1 is 1.06 bits per heavy atom. The van der Waals surface area contributed by atoms with Crippen LogP contribution in [-0.2, 0) is 22.9 Å².